The van der Waals surface area contributed by atoms with Crippen molar-refractivity contribution in [3.63, 3.8) is 0 Å². The maximum atomic E-state index is 3.55. The van der Waals surface area contributed by atoms with Crippen molar-refractivity contribution < 1.29 is 0 Å². The number of rotatable bonds is 3. The summed E-state index contributed by atoms with van der Waals surface area (Å²) in [5.41, 5.74) is 1.32. The van der Waals surface area contributed by atoms with E-state index in [4.69, 9.17) is 0 Å². The number of aryl methyl sites for hydroxylation is 1. The third-order valence-electron chi connectivity index (χ3n) is 1.52. The molecule has 0 aliphatic heterocycles. The van der Waals surface area contributed by atoms with E-state index in [1.807, 2.05) is 30.4 Å². The molecule has 13 heavy (non-hydrogen) atoms. The molecular weight excluding hydrogens is 156 g/mol. The summed E-state index contributed by atoms with van der Waals surface area (Å²) in [6.07, 6.45) is 5.90. The van der Waals surface area contributed by atoms with E-state index >= 15 is 0 Å². The van der Waals surface area contributed by atoms with Gasteiger partial charge in [0.2, 0.25) is 0 Å². The van der Waals surface area contributed by atoms with Crippen molar-refractivity contribution in [2.45, 2.75) is 19.8 Å². The zero-order chi connectivity index (χ0) is 9.94. The van der Waals surface area contributed by atoms with Crippen LogP contribution in [0.3, 0.4) is 0 Å². The van der Waals surface area contributed by atoms with E-state index in [1.54, 1.807) is 0 Å². The number of benzene rings is 1. The van der Waals surface area contributed by atoms with E-state index in [0.29, 0.717) is 0 Å². The minimum atomic E-state index is 1.06. The van der Waals surface area contributed by atoms with Gasteiger partial charge in [-0.2, -0.15) is 0 Å². The van der Waals surface area contributed by atoms with Gasteiger partial charge in [-0.25, -0.2) is 0 Å². The number of hydrogen-bond donors (Lipinski definition) is 0. The molecule has 0 spiro atoms. The third kappa shape index (κ3) is 8.61. The SMILES string of the molecule is C=CCCC=C.Cc1ccccc1. The molecule has 1 rings (SSSR count). The predicted molar refractivity (Wildman–Crippen MR) is 60.8 cm³/mol. The minimum Gasteiger partial charge on any atom is -0.103 e. The normalized spacial score (nSPS) is 8.08. The first-order valence-corrected chi connectivity index (χ1v) is 4.54. The van der Waals surface area contributed by atoms with Crippen LogP contribution in [0.2, 0.25) is 0 Å². The van der Waals surface area contributed by atoms with Gasteiger partial charge in [0.15, 0.2) is 0 Å². The highest BCUT2D eigenvalue weighted by Crippen LogP contribution is 1.92. The maximum Gasteiger partial charge on any atom is -0.0319 e. The van der Waals surface area contributed by atoms with Crippen molar-refractivity contribution in [1.82, 2.24) is 0 Å². The molecule has 1 aromatic carbocycles. The van der Waals surface area contributed by atoms with Crippen LogP contribution in [-0.2, 0) is 0 Å². The summed E-state index contributed by atoms with van der Waals surface area (Å²) in [5.74, 6) is 0. The van der Waals surface area contributed by atoms with E-state index in [-0.39, 0.29) is 0 Å². The molecule has 0 nitrogen and oxygen atoms in total. The highest BCUT2D eigenvalue weighted by Gasteiger charge is 1.72. The lowest BCUT2D eigenvalue weighted by Gasteiger charge is -1.82. The Morgan fingerprint density at radius 2 is 1.46 bits per heavy atom. The maximum absolute atomic E-state index is 3.55. The second-order valence-electron chi connectivity index (χ2n) is 2.81. The highest BCUT2D eigenvalue weighted by atomic mass is 13.8. The van der Waals surface area contributed by atoms with Gasteiger partial charge in [-0.3, -0.25) is 0 Å². The first-order chi connectivity index (χ1) is 6.31. The second kappa shape index (κ2) is 8.79. The topological polar surface area (TPSA) is 0 Å². The first-order valence-electron chi connectivity index (χ1n) is 4.54. The van der Waals surface area contributed by atoms with Gasteiger partial charge in [0.25, 0.3) is 0 Å². The van der Waals surface area contributed by atoms with Crippen LogP contribution in [-0.4, -0.2) is 0 Å². The molecule has 0 heterocycles. The van der Waals surface area contributed by atoms with Crippen LogP contribution in [0, 0.1) is 6.92 Å². The van der Waals surface area contributed by atoms with Crippen molar-refractivity contribution in [3.8, 4) is 0 Å². The van der Waals surface area contributed by atoms with Gasteiger partial charge in [0.1, 0.15) is 0 Å². The number of unbranched alkanes of at least 4 members (excludes halogenated alkanes) is 1. The fourth-order valence-corrected chi connectivity index (χ4v) is 0.770. The Bertz CT molecular complexity index is 213. The smallest absolute Gasteiger partial charge is 0.0319 e. The van der Waals surface area contributed by atoms with Crippen LogP contribution in [0.5, 0.6) is 0 Å². The van der Waals surface area contributed by atoms with E-state index in [9.17, 15) is 0 Å². The summed E-state index contributed by atoms with van der Waals surface area (Å²) in [4.78, 5) is 0. The Labute approximate surface area is 81.6 Å². The van der Waals surface area contributed by atoms with Crippen LogP contribution in [0.4, 0.5) is 0 Å². The highest BCUT2D eigenvalue weighted by molar-refractivity contribution is 5.11. The molecule has 0 saturated carbocycles. The standard InChI is InChI=1S/C7H8.C6H10/c1-7-5-3-2-4-6-7;1-3-5-6-4-2/h2-6H,1H3;3-4H,1-2,5-6H2. The lowest BCUT2D eigenvalue weighted by Crippen LogP contribution is -1.62. The van der Waals surface area contributed by atoms with E-state index < -0.39 is 0 Å². The Morgan fingerprint density at radius 1 is 1.00 bits per heavy atom. The molecule has 0 heteroatoms. The van der Waals surface area contributed by atoms with Crippen molar-refractivity contribution >= 4 is 0 Å². The van der Waals surface area contributed by atoms with Crippen molar-refractivity contribution in [1.29, 1.82) is 0 Å². The Kier molecular flexibility index (Phi) is 7.91. The molecule has 1 aromatic rings. The van der Waals surface area contributed by atoms with Crippen molar-refractivity contribution in [3.05, 3.63) is 61.2 Å². The summed E-state index contributed by atoms with van der Waals surface area (Å²) >= 11 is 0. The molecule has 0 saturated heterocycles. The molecule has 0 N–H and O–H groups in total. The van der Waals surface area contributed by atoms with Gasteiger partial charge in [-0.1, -0.05) is 48.0 Å². The van der Waals surface area contributed by atoms with Gasteiger partial charge in [-0.05, 0) is 19.8 Å². The minimum absolute atomic E-state index is 1.06. The molecule has 0 unspecified atom stereocenters. The average molecular weight is 174 g/mol. The molecule has 0 atom stereocenters. The molecular formula is C13H18. The van der Waals surface area contributed by atoms with Gasteiger partial charge in [-0.15, -0.1) is 13.2 Å². The summed E-state index contributed by atoms with van der Waals surface area (Å²) in [7, 11) is 0. The lowest BCUT2D eigenvalue weighted by atomic mass is 10.2. The molecule has 70 valence electrons. The molecule has 0 fully saturated rings. The monoisotopic (exact) mass is 174 g/mol. The summed E-state index contributed by atoms with van der Waals surface area (Å²) in [5, 5.41) is 0. The van der Waals surface area contributed by atoms with Crippen molar-refractivity contribution in [2.24, 2.45) is 0 Å². The number of allylic oxidation sites excluding steroid dienone is 2. The van der Waals surface area contributed by atoms with Gasteiger partial charge in [0, 0.05) is 0 Å². The second-order valence-corrected chi connectivity index (χ2v) is 2.81. The summed E-state index contributed by atoms with van der Waals surface area (Å²) in [6.45, 7) is 9.18. The van der Waals surface area contributed by atoms with E-state index in [2.05, 4.69) is 32.2 Å². The molecule has 0 aliphatic carbocycles. The molecule has 0 radical (unpaired) electrons. The largest absolute Gasteiger partial charge is 0.103 e. The average Bonchev–Trinajstić information content (AvgIpc) is 2.17. The van der Waals surface area contributed by atoms with E-state index in [0.717, 1.165) is 12.8 Å². The van der Waals surface area contributed by atoms with Crippen molar-refractivity contribution in [2.75, 3.05) is 0 Å². The molecule has 0 bridgehead atoms. The molecule has 0 aromatic heterocycles. The van der Waals surface area contributed by atoms with Crippen LogP contribution in [0.25, 0.3) is 0 Å². The van der Waals surface area contributed by atoms with Crippen LogP contribution in [0.15, 0.2) is 55.6 Å². The predicted octanol–water partition coefficient (Wildman–Crippen LogP) is 4.13. The number of hydrogen-bond acceptors (Lipinski definition) is 0. The van der Waals surface area contributed by atoms with Crippen LogP contribution < -0.4 is 0 Å². The quantitative estimate of drug-likeness (QED) is 0.477. The zero-order valence-electron chi connectivity index (χ0n) is 8.37. The Balaban J connectivity index is 0.000000226. The Morgan fingerprint density at radius 3 is 1.69 bits per heavy atom. The van der Waals surface area contributed by atoms with Gasteiger partial charge in [0.05, 0.1) is 0 Å². The fraction of sp³-hybridized carbons (Fsp3) is 0.231. The van der Waals surface area contributed by atoms with E-state index in [1.165, 1.54) is 5.56 Å². The fourth-order valence-electron chi connectivity index (χ4n) is 0.770. The molecule has 0 amide bonds. The Hall–Kier alpha value is -1.30. The van der Waals surface area contributed by atoms with Gasteiger partial charge >= 0.3 is 0 Å². The summed E-state index contributed by atoms with van der Waals surface area (Å²) in [6, 6.07) is 10.3. The van der Waals surface area contributed by atoms with Gasteiger partial charge < -0.3 is 0 Å². The first kappa shape index (κ1) is 11.7. The lowest BCUT2D eigenvalue weighted by molar-refractivity contribution is 1.06. The summed E-state index contributed by atoms with van der Waals surface area (Å²) < 4.78 is 0. The van der Waals surface area contributed by atoms with Crippen LogP contribution in [0.1, 0.15) is 18.4 Å². The molecule has 0 aliphatic rings. The third-order valence-corrected chi connectivity index (χ3v) is 1.52. The zero-order valence-corrected chi connectivity index (χ0v) is 8.37. The van der Waals surface area contributed by atoms with Crippen LogP contribution >= 0.6 is 0 Å².